The Morgan fingerprint density at radius 3 is 2.54 bits per heavy atom. The smallest absolute Gasteiger partial charge is 0.240 e. The van der Waals surface area contributed by atoms with Crippen molar-refractivity contribution >= 4 is 29.3 Å². The fourth-order valence-corrected chi connectivity index (χ4v) is 2.77. The van der Waals surface area contributed by atoms with Gasteiger partial charge < -0.3 is 4.90 Å². The lowest BCUT2D eigenvalue weighted by atomic mass is 10.1. The topological polar surface area (TPSA) is 20.3 Å². The Labute approximate surface area is 89.0 Å². The maximum atomic E-state index is 11.5. The summed E-state index contributed by atoms with van der Waals surface area (Å²) in [5.41, 5.74) is 0. The number of hydrogen-bond acceptors (Lipinski definition) is 2. The summed E-state index contributed by atoms with van der Waals surface area (Å²) in [6, 6.07) is 0.412. The third-order valence-corrected chi connectivity index (χ3v) is 3.66. The van der Waals surface area contributed by atoms with E-state index in [4.69, 9.17) is 11.6 Å². The Morgan fingerprint density at radius 1 is 1.54 bits per heavy atom. The van der Waals surface area contributed by atoms with E-state index in [0.717, 1.165) is 12.8 Å². The van der Waals surface area contributed by atoms with Crippen molar-refractivity contribution in [3.05, 3.63) is 0 Å². The first kappa shape index (κ1) is 11.2. The van der Waals surface area contributed by atoms with Gasteiger partial charge >= 0.3 is 0 Å². The highest BCUT2D eigenvalue weighted by atomic mass is 35.5. The molecule has 13 heavy (non-hydrogen) atoms. The van der Waals surface area contributed by atoms with Gasteiger partial charge in [-0.3, -0.25) is 4.79 Å². The number of rotatable bonds is 2. The molecule has 0 aromatic carbocycles. The molecule has 1 rings (SSSR count). The van der Waals surface area contributed by atoms with Crippen LogP contribution in [0.4, 0.5) is 0 Å². The van der Waals surface area contributed by atoms with E-state index in [1.54, 1.807) is 6.92 Å². The molecule has 0 spiro atoms. The fraction of sp³-hybridized carbons (Fsp3) is 0.889. The standard InChI is InChI=1S/C9H16ClNOS/c1-7(10)9(12)11(2)8-3-5-13-6-4-8/h7-8H,3-6H2,1-2H3/t7-/m0/s1. The van der Waals surface area contributed by atoms with Crippen molar-refractivity contribution < 1.29 is 4.79 Å². The first-order valence-electron chi connectivity index (χ1n) is 4.61. The maximum Gasteiger partial charge on any atom is 0.240 e. The van der Waals surface area contributed by atoms with Gasteiger partial charge in [-0.05, 0) is 31.3 Å². The first-order valence-corrected chi connectivity index (χ1v) is 6.20. The monoisotopic (exact) mass is 221 g/mol. The van der Waals surface area contributed by atoms with Gasteiger partial charge in [-0.2, -0.15) is 11.8 Å². The summed E-state index contributed by atoms with van der Waals surface area (Å²) >= 11 is 7.71. The fourth-order valence-electron chi connectivity index (χ4n) is 1.53. The molecular formula is C9H16ClNOS. The van der Waals surface area contributed by atoms with Crippen LogP contribution in [0.3, 0.4) is 0 Å². The van der Waals surface area contributed by atoms with Crippen LogP contribution in [0.5, 0.6) is 0 Å². The van der Waals surface area contributed by atoms with Crippen molar-refractivity contribution in [1.29, 1.82) is 0 Å². The van der Waals surface area contributed by atoms with Gasteiger partial charge in [0.05, 0.1) is 0 Å². The van der Waals surface area contributed by atoms with Crippen LogP contribution in [-0.4, -0.2) is 40.8 Å². The van der Waals surface area contributed by atoms with E-state index >= 15 is 0 Å². The van der Waals surface area contributed by atoms with E-state index in [1.165, 1.54) is 11.5 Å². The maximum absolute atomic E-state index is 11.5. The summed E-state index contributed by atoms with van der Waals surface area (Å²) in [5.74, 6) is 2.39. The highest BCUT2D eigenvalue weighted by molar-refractivity contribution is 7.99. The third-order valence-electron chi connectivity index (χ3n) is 2.43. The quantitative estimate of drug-likeness (QED) is 0.665. The van der Waals surface area contributed by atoms with Crippen molar-refractivity contribution in [1.82, 2.24) is 4.90 Å². The Balaban J connectivity index is 2.45. The minimum absolute atomic E-state index is 0.0542. The molecule has 4 heteroatoms. The van der Waals surface area contributed by atoms with Gasteiger partial charge in [0.1, 0.15) is 5.38 Å². The summed E-state index contributed by atoms with van der Waals surface area (Å²) in [4.78, 5) is 13.3. The lowest BCUT2D eigenvalue weighted by molar-refractivity contribution is -0.131. The first-order chi connectivity index (χ1) is 6.13. The Bertz CT molecular complexity index is 180. The van der Waals surface area contributed by atoms with Crippen LogP contribution in [0.1, 0.15) is 19.8 Å². The number of hydrogen-bond donors (Lipinski definition) is 0. The van der Waals surface area contributed by atoms with Crippen molar-refractivity contribution in [3.63, 3.8) is 0 Å². The largest absolute Gasteiger partial charge is 0.341 e. The van der Waals surface area contributed by atoms with Crippen LogP contribution < -0.4 is 0 Å². The van der Waals surface area contributed by atoms with Crippen LogP contribution in [0, 0.1) is 0 Å². The molecule has 0 aromatic rings. The second-order valence-corrected chi connectivity index (χ2v) is 5.29. The number of nitrogens with zero attached hydrogens (tertiary/aromatic N) is 1. The number of carbonyl (C=O) groups is 1. The lowest BCUT2D eigenvalue weighted by Crippen LogP contribution is -2.42. The van der Waals surface area contributed by atoms with Crippen LogP contribution in [0.15, 0.2) is 0 Å². The number of halogens is 1. The molecule has 2 nitrogen and oxygen atoms in total. The number of carbonyl (C=O) groups excluding carboxylic acids is 1. The Hall–Kier alpha value is 0.110. The number of thioether (sulfide) groups is 1. The van der Waals surface area contributed by atoms with E-state index in [9.17, 15) is 4.79 Å². The Morgan fingerprint density at radius 2 is 2.08 bits per heavy atom. The average Bonchev–Trinajstić information content (AvgIpc) is 2.17. The van der Waals surface area contributed by atoms with Gasteiger partial charge in [-0.1, -0.05) is 0 Å². The number of amides is 1. The minimum Gasteiger partial charge on any atom is -0.341 e. The van der Waals surface area contributed by atoms with Gasteiger partial charge in [0, 0.05) is 13.1 Å². The second-order valence-electron chi connectivity index (χ2n) is 3.41. The molecule has 1 fully saturated rings. The zero-order valence-corrected chi connectivity index (χ0v) is 9.70. The summed E-state index contributed by atoms with van der Waals surface area (Å²) in [5, 5.41) is -0.389. The van der Waals surface area contributed by atoms with Gasteiger partial charge in [0.25, 0.3) is 0 Å². The van der Waals surface area contributed by atoms with E-state index in [2.05, 4.69) is 0 Å². The molecule has 1 atom stereocenters. The molecule has 0 unspecified atom stereocenters. The second kappa shape index (κ2) is 5.11. The lowest BCUT2D eigenvalue weighted by Gasteiger charge is -2.31. The van der Waals surface area contributed by atoms with Crippen LogP contribution >= 0.6 is 23.4 Å². The zero-order valence-electron chi connectivity index (χ0n) is 8.12. The normalized spacial score (nSPS) is 21.2. The highest BCUT2D eigenvalue weighted by Gasteiger charge is 2.24. The molecule has 0 N–H and O–H groups in total. The van der Waals surface area contributed by atoms with Crippen LogP contribution in [0.25, 0.3) is 0 Å². The SMILES string of the molecule is C[C@H](Cl)C(=O)N(C)C1CCSCC1. The molecule has 0 aliphatic carbocycles. The van der Waals surface area contributed by atoms with Gasteiger partial charge in [0.15, 0.2) is 0 Å². The number of alkyl halides is 1. The van der Waals surface area contributed by atoms with Gasteiger partial charge in [-0.25, -0.2) is 0 Å². The van der Waals surface area contributed by atoms with Crippen molar-refractivity contribution in [2.75, 3.05) is 18.6 Å². The molecule has 0 radical (unpaired) electrons. The molecule has 1 aliphatic heterocycles. The predicted octanol–water partition coefficient (Wildman–Crippen LogP) is 1.97. The summed E-state index contributed by atoms with van der Waals surface area (Å²) < 4.78 is 0. The van der Waals surface area contributed by atoms with Crippen LogP contribution in [-0.2, 0) is 4.79 Å². The van der Waals surface area contributed by atoms with Crippen molar-refractivity contribution in [2.24, 2.45) is 0 Å². The van der Waals surface area contributed by atoms with Crippen molar-refractivity contribution in [2.45, 2.75) is 31.2 Å². The molecule has 1 aliphatic rings. The molecule has 0 aromatic heterocycles. The third kappa shape index (κ3) is 3.06. The molecule has 1 saturated heterocycles. The van der Waals surface area contributed by atoms with E-state index in [1.807, 2.05) is 23.7 Å². The van der Waals surface area contributed by atoms with Crippen molar-refractivity contribution in [3.8, 4) is 0 Å². The van der Waals surface area contributed by atoms with Crippen LogP contribution in [0.2, 0.25) is 0 Å². The molecule has 0 saturated carbocycles. The molecule has 1 amide bonds. The predicted molar refractivity (Wildman–Crippen MR) is 58.4 cm³/mol. The van der Waals surface area contributed by atoms with Gasteiger partial charge in [0.2, 0.25) is 5.91 Å². The zero-order chi connectivity index (χ0) is 9.84. The summed E-state index contributed by atoms with van der Waals surface area (Å²) in [6.07, 6.45) is 2.22. The molecule has 76 valence electrons. The van der Waals surface area contributed by atoms with E-state index in [0.29, 0.717) is 6.04 Å². The minimum atomic E-state index is -0.389. The summed E-state index contributed by atoms with van der Waals surface area (Å²) in [6.45, 7) is 1.73. The van der Waals surface area contributed by atoms with Gasteiger partial charge in [-0.15, -0.1) is 11.6 Å². The molecular weight excluding hydrogens is 206 g/mol. The van der Waals surface area contributed by atoms with E-state index in [-0.39, 0.29) is 11.3 Å². The molecule has 1 heterocycles. The highest BCUT2D eigenvalue weighted by Crippen LogP contribution is 2.21. The Kier molecular flexibility index (Phi) is 4.39. The molecule has 0 bridgehead atoms. The average molecular weight is 222 g/mol. The summed E-state index contributed by atoms with van der Waals surface area (Å²) in [7, 11) is 1.86. The van der Waals surface area contributed by atoms with E-state index < -0.39 is 0 Å².